The molecule has 6 nitrogen and oxygen atoms in total. The quantitative estimate of drug-likeness (QED) is 0.480. The lowest BCUT2D eigenvalue weighted by Crippen LogP contribution is -2.24. The maximum atomic E-state index is 11.8. The zero-order valence-electron chi connectivity index (χ0n) is 13.0. The molecule has 2 amide bonds. The van der Waals surface area contributed by atoms with Crippen molar-refractivity contribution in [3.8, 4) is 5.75 Å². The highest BCUT2D eigenvalue weighted by atomic mass is 35.5. The number of hydrogen-bond acceptors (Lipinski definition) is 4. The first-order valence-electron chi connectivity index (χ1n) is 7.09. The summed E-state index contributed by atoms with van der Waals surface area (Å²) in [4.78, 5) is 23.5. The van der Waals surface area contributed by atoms with Crippen LogP contribution < -0.4 is 15.5 Å². The van der Waals surface area contributed by atoms with Gasteiger partial charge in [0.2, 0.25) is 11.8 Å². The van der Waals surface area contributed by atoms with Gasteiger partial charge in [-0.05, 0) is 30.3 Å². The molecule has 0 aliphatic carbocycles. The minimum absolute atomic E-state index is 0.341. The minimum atomic E-state index is -0.524. The Morgan fingerprint density at radius 3 is 2.50 bits per heavy atom. The van der Waals surface area contributed by atoms with E-state index in [1.807, 2.05) is 0 Å². The van der Waals surface area contributed by atoms with E-state index in [2.05, 4.69) is 15.8 Å². The molecule has 0 aromatic heterocycles. The first-order valence-corrected chi connectivity index (χ1v) is 7.46. The van der Waals surface area contributed by atoms with Crippen LogP contribution in [0.25, 0.3) is 0 Å². The summed E-state index contributed by atoms with van der Waals surface area (Å²) >= 11 is 5.96. The summed E-state index contributed by atoms with van der Waals surface area (Å²) < 4.78 is 5.03. The van der Waals surface area contributed by atoms with Gasteiger partial charge in [-0.15, -0.1) is 0 Å². The fourth-order valence-corrected chi connectivity index (χ4v) is 2.00. The van der Waals surface area contributed by atoms with E-state index in [0.717, 1.165) is 0 Å². The molecule has 0 heterocycles. The van der Waals surface area contributed by atoms with Crippen molar-refractivity contribution in [2.45, 2.75) is 6.42 Å². The second kappa shape index (κ2) is 8.69. The Morgan fingerprint density at radius 1 is 1.12 bits per heavy atom. The van der Waals surface area contributed by atoms with E-state index < -0.39 is 11.8 Å². The van der Waals surface area contributed by atoms with Crippen molar-refractivity contribution in [3.63, 3.8) is 0 Å². The Bertz CT molecular complexity index is 745. The van der Waals surface area contributed by atoms with E-state index in [0.29, 0.717) is 22.0 Å². The van der Waals surface area contributed by atoms with Crippen molar-refractivity contribution in [1.29, 1.82) is 0 Å². The summed E-state index contributed by atoms with van der Waals surface area (Å²) in [5.74, 6) is -0.283. The standard InChI is InChI=1S/C17H16ClN3O3/c1-24-14-8-6-13(7-9-14)20-16(22)10-17(23)21-19-11-12-4-2-3-5-15(12)18/h2-9,11H,10H2,1H3,(H,20,22)(H,21,23). The molecule has 24 heavy (non-hydrogen) atoms. The molecule has 2 N–H and O–H groups in total. The SMILES string of the molecule is COc1ccc(NC(=O)CC(=O)NN=Cc2ccccc2Cl)cc1. The molecule has 124 valence electrons. The average molecular weight is 346 g/mol. The van der Waals surface area contributed by atoms with Gasteiger partial charge in [0, 0.05) is 16.3 Å². The first-order chi connectivity index (χ1) is 11.6. The number of halogens is 1. The lowest BCUT2D eigenvalue weighted by atomic mass is 10.2. The van der Waals surface area contributed by atoms with Gasteiger partial charge in [-0.1, -0.05) is 29.8 Å². The van der Waals surface area contributed by atoms with Crippen LogP contribution in [0.15, 0.2) is 53.6 Å². The molecule has 0 bridgehead atoms. The molecule has 0 saturated heterocycles. The minimum Gasteiger partial charge on any atom is -0.497 e. The molecular formula is C17H16ClN3O3. The van der Waals surface area contributed by atoms with E-state index in [9.17, 15) is 9.59 Å². The van der Waals surface area contributed by atoms with Crippen LogP contribution in [0.4, 0.5) is 5.69 Å². The number of ether oxygens (including phenoxy) is 1. The van der Waals surface area contributed by atoms with Gasteiger partial charge >= 0.3 is 0 Å². The Kier molecular flexibility index (Phi) is 6.33. The number of rotatable bonds is 6. The molecule has 0 radical (unpaired) electrons. The predicted octanol–water partition coefficient (Wildman–Crippen LogP) is 2.83. The second-order valence-electron chi connectivity index (χ2n) is 4.77. The maximum absolute atomic E-state index is 11.8. The summed E-state index contributed by atoms with van der Waals surface area (Å²) in [5.41, 5.74) is 3.53. The van der Waals surface area contributed by atoms with Crippen LogP contribution >= 0.6 is 11.6 Å². The van der Waals surface area contributed by atoms with Crippen LogP contribution in [0.5, 0.6) is 5.75 Å². The summed E-state index contributed by atoms with van der Waals surface area (Å²) in [5, 5.41) is 6.91. The van der Waals surface area contributed by atoms with E-state index in [1.54, 1.807) is 55.6 Å². The lowest BCUT2D eigenvalue weighted by molar-refractivity contribution is -0.126. The molecule has 0 saturated carbocycles. The van der Waals surface area contributed by atoms with Crippen molar-refractivity contribution in [2.24, 2.45) is 5.10 Å². The Balaban J connectivity index is 1.81. The van der Waals surface area contributed by atoms with Gasteiger partial charge in [0.25, 0.3) is 0 Å². The molecule has 0 fully saturated rings. The molecule has 0 spiro atoms. The zero-order valence-corrected chi connectivity index (χ0v) is 13.7. The highest BCUT2D eigenvalue weighted by Crippen LogP contribution is 2.15. The first kappa shape index (κ1) is 17.5. The second-order valence-corrected chi connectivity index (χ2v) is 5.18. The van der Waals surface area contributed by atoms with Crippen LogP contribution in [-0.2, 0) is 9.59 Å². The van der Waals surface area contributed by atoms with Crippen LogP contribution in [-0.4, -0.2) is 25.1 Å². The summed E-state index contributed by atoms with van der Waals surface area (Å²) in [6.45, 7) is 0. The van der Waals surface area contributed by atoms with Crippen molar-refractivity contribution in [1.82, 2.24) is 5.43 Å². The molecule has 0 atom stereocenters. The smallest absolute Gasteiger partial charge is 0.249 e. The molecule has 2 rings (SSSR count). The average Bonchev–Trinajstić information content (AvgIpc) is 2.57. The van der Waals surface area contributed by atoms with Crippen LogP contribution in [0.1, 0.15) is 12.0 Å². The van der Waals surface area contributed by atoms with Crippen LogP contribution in [0.3, 0.4) is 0 Å². The lowest BCUT2D eigenvalue weighted by Gasteiger charge is -2.05. The fraction of sp³-hybridized carbons (Fsp3) is 0.118. The van der Waals surface area contributed by atoms with Crippen LogP contribution in [0.2, 0.25) is 5.02 Å². The fourth-order valence-electron chi connectivity index (χ4n) is 1.82. The molecule has 7 heteroatoms. The Morgan fingerprint density at radius 2 is 1.83 bits per heavy atom. The molecule has 0 unspecified atom stereocenters. The number of anilines is 1. The van der Waals surface area contributed by atoms with Crippen molar-refractivity contribution < 1.29 is 14.3 Å². The molecule has 0 aliphatic rings. The van der Waals surface area contributed by atoms with E-state index in [1.165, 1.54) is 6.21 Å². The van der Waals surface area contributed by atoms with Crippen molar-refractivity contribution >= 4 is 35.3 Å². The highest BCUT2D eigenvalue weighted by Gasteiger charge is 2.09. The van der Waals surface area contributed by atoms with E-state index in [4.69, 9.17) is 16.3 Å². The van der Waals surface area contributed by atoms with Crippen molar-refractivity contribution in [3.05, 3.63) is 59.1 Å². The van der Waals surface area contributed by atoms with E-state index in [-0.39, 0.29) is 6.42 Å². The highest BCUT2D eigenvalue weighted by molar-refractivity contribution is 6.33. The zero-order chi connectivity index (χ0) is 17.4. The number of benzene rings is 2. The monoisotopic (exact) mass is 345 g/mol. The summed E-state index contributed by atoms with van der Waals surface area (Å²) in [6.07, 6.45) is 1.08. The van der Waals surface area contributed by atoms with Gasteiger partial charge in [-0.25, -0.2) is 5.43 Å². The molecular weight excluding hydrogens is 330 g/mol. The van der Waals surface area contributed by atoms with Gasteiger partial charge in [-0.3, -0.25) is 9.59 Å². The number of hydrazone groups is 1. The van der Waals surface area contributed by atoms with Gasteiger partial charge in [0.15, 0.2) is 0 Å². The maximum Gasteiger partial charge on any atom is 0.249 e. The molecule has 0 aliphatic heterocycles. The van der Waals surface area contributed by atoms with Gasteiger partial charge < -0.3 is 10.1 Å². The number of carbonyl (C=O) groups excluding carboxylic acids is 2. The summed E-state index contributed by atoms with van der Waals surface area (Å²) in [7, 11) is 1.56. The summed E-state index contributed by atoms with van der Waals surface area (Å²) in [6, 6.07) is 13.9. The van der Waals surface area contributed by atoms with E-state index >= 15 is 0 Å². The van der Waals surface area contributed by atoms with Gasteiger partial charge in [0.05, 0.1) is 13.3 Å². The predicted molar refractivity (Wildman–Crippen MR) is 93.4 cm³/mol. The number of hydrogen-bond donors (Lipinski definition) is 2. The topological polar surface area (TPSA) is 79.8 Å². The number of nitrogens with one attached hydrogen (secondary N) is 2. The van der Waals surface area contributed by atoms with Gasteiger partial charge in [-0.2, -0.15) is 5.10 Å². The largest absolute Gasteiger partial charge is 0.497 e. The number of amides is 2. The van der Waals surface area contributed by atoms with Gasteiger partial charge in [0.1, 0.15) is 12.2 Å². The third kappa shape index (κ3) is 5.40. The number of carbonyl (C=O) groups is 2. The Labute approximate surface area is 144 Å². The number of methoxy groups -OCH3 is 1. The Hall–Kier alpha value is -2.86. The molecule has 2 aromatic rings. The van der Waals surface area contributed by atoms with Crippen LogP contribution in [0, 0.1) is 0 Å². The van der Waals surface area contributed by atoms with Crippen molar-refractivity contribution in [2.75, 3.05) is 12.4 Å². The number of nitrogens with zero attached hydrogens (tertiary/aromatic N) is 1. The molecule has 2 aromatic carbocycles. The third-order valence-electron chi connectivity index (χ3n) is 2.99. The normalized spacial score (nSPS) is 10.4. The third-order valence-corrected chi connectivity index (χ3v) is 3.34.